The molecule has 3 aromatic heterocycles. The summed E-state index contributed by atoms with van der Waals surface area (Å²) >= 11 is 5.04. The molecule has 5 nitrogen and oxygen atoms in total. The van der Waals surface area contributed by atoms with Gasteiger partial charge in [-0.15, -0.1) is 28.3 Å². The molecule has 1 aromatic carbocycles. The zero-order valence-corrected chi connectivity index (χ0v) is 18.1. The van der Waals surface area contributed by atoms with Crippen molar-refractivity contribution in [1.82, 2.24) is 19.4 Å². The summed E-state index contributed by atoms with van der Waals surface area (Å²) in [6, 6.07) is 9.97. The first-order chi connectivity index (χ1) is 12.2. The summed E-state index contributed by atoms with van der Waals surface area (Å²) in [5, 5.41) is 6.28. The van der Waals surface area contributed by atoms with Gasteiger partial charge in [-0.1, -0.05) is 29.3 Å². The summed E-state index contributed by atoms with van der Waals surface area (Å²) in [5.74, 6) is 0.719. The van der Waals surface area contributed by atoms with Gasteiger partial charge in [0.15, 0.2) is 5.13 Å². The normalized spacial score (nSPS) is 10.7. The predicted octanol–water partition coefficient (Wildman–Crippen LogP) is 5.89. The van der Waals surface area contributed by atoms with Crippen molar-refractivity contribution in [2.75, 3.05) is 5.32 Å². The van der Waals surface area contributed by atoms with Crippen molar-refractivity contribution in [3.05, 3.63) is 58.3 Å². The highest BCUT2D eigenvalue weighted by Crippen LogP contribution is 2.30. The van der Waals surface area contributed by atoms with Gasteiger partial charge in [-0.05, 0) is 36.8 Å². The van der Waals surface area contributed by atoms with Crippen LogP contribution in [0.15, 0.2) is 52.6 Å². The van der Waals surface area contributed by atoms with E-state index in [-0.39, 0.29) is 17.0 Å². The van der Waals surface area contributed by atoms with Crippen LogP contribution in [0.2, 0.25) is 0 Å². The maximum absolute atomic E-state index is 4.77. The highest BCUT2D eigenvalue weighted by Gasteiger charge is 2.17. The van der Waals surface area contributed by atoms with Gasteiger partial charge in [0, 0.05) is 27.9 Å². The summed E-state index contributed by atoms with van der Waals surface area (Å²) in [4.78, 5) is 13.8. The van der Waals surface area contributed by atoms with Crippen molar-refractivity contribution in [2.45, 2.75) is 19.8 Å². The average Bonchev–Trinajstić information content (AvgIpc) is 3.21. The van der Waals surface area contributed by atoms with Crippen LogP contribution in [0.1, 0.15) is 19.0 Å². The molecule has 3 heterocycles. The molecule has 0 radical (unpaired) electrons. The standard InChI is InChI=1S/C18H16BrN5S.BrH/c1-2-4-14-16(24-10-3-9-20-17(24)22-14)15-11-25-18(23-15)21-13-7-5-12(19)6-8-13;/h3,5-11H,2,4H2,1H3,(H,21,23);1H. The van der Waals surface area contributed by atoms with E-state index in [0.717, 1.165) is 51.0 Å². The monoisotopic (exact) mass is 493 g/mol. The number of imidazole rings is 1. The van der Waals surface area contributed by atoms with Crippen LogP contribution in [0.5, 0.6) is 0 Å². The van der Waals surface area contributed by atoms with E-state index < -0.39 is 0 Å². The fourth-order valence-electron chi connectivity index (χ4n) is 2.71. The van der Waals surface area contributed by atoms with Gasteiger partial charge in [0.25, 0.3) is 0 Å². The first-order valence-corrected chi connectivity index (χ1v) is 9.72. The van der Waals surface area contributed by atoms with Gasteiger partial charge >= 0.3 is 0 Å². The Morgan fingerprint density at radius 2 is 2.00 bits per heavy atom. The van der Waals surface area contributed by atoms with Crippen molar-refractivity contribution >= 4 is 60.8 Å². The maximum Gasteiger partial charge on any atom is 0.234 e. The van der Waals surface area contributed by atoms with Crippen LogP contribution in [0.25, 0.3) is 17.2 Å². The molecule has 4 aromatic rings. The molecule has 26 heavy (non-hydrogen) atoms. The summed E-state index contributed by atoms with van der Waals surface area (Å²) in [6.45, 7) is 2.16. The van der Waals surface area contributed by atoms with Crippen LogP contribution in [0.3, 0.4) is 0 Å². The van der Waals surface area contributed by atoms with Gasteiger partial charge in [0.2, 0.25) is 5.78 Å². The van der Waals surface area contributed by atoms with Gasteiger partial charge < -0.3 is 5.32 Å². The lowest BCUT2D eigenvalue weighted by molar-refractivity contribution is 0.894. The molecule has 0 bridgehead atoms. The Kier molecular flexibility index (Phi) is 6.05. The van der Waals surface area contributed by atoms with Crippen molar-refractivity contribution in [3.8, 4) is 11.4 Å². The molecule has 1 N–H and O–H groups in total. The molecule has 0 amide bonds. The lowest BCUT2D eigenvalue weighted by atomic mass is 10.2. The number of anilines is 2. The SMILES string of the molecule is Br.CCCc1nc2ncccn2c1-c1csc(Nc2ccc(Br)cc2)n1. The average molecular weight is 495 g/mol. The van der Waals surface area contributed by atoms with Gasteiger partial charge in [-0.3, -0.25) is 4.40 Å². The van der Waals surface area contributed by atoms with Gasteiger partial charge in [-0.25, -0.2) is 15.0 Å². The summed E-state index contributed by atoms with van der Waals surface area (Å²) in [5.41, 5.74) is 4.01. The lowest BCUT2D eigenvalue weighted by Gasteiger charge is -2.03. The number of nitrogens with zero attached hydrogens (tertiary/aromatic N) is 4. The molecule has 8 heteroatoms. The molecular weight excluding hydrogens is 478 g/mol. The fraction of sp³-hybridized carbons (Fsp3) is 0.167. The quantitative estimate of drug-likeness (QED) is 0.375. The first-order valence-electron chi connectivity index (χ1n) is 8.05. The van der Waals surface area contributed by atoms with Crippen molar-refractivity contribution in [1.29, 1.82) is 0 Å². The molecule has 4 rings (SSSR count). The fourth-order valence-corrected chi connectivity index (χ4v) is 3.69. The molecule has 0 fully saturated rings. The minimum absolute atomic E-state index is 0. The largest absolute Gasteiger partial charge is 0.332 e. The maximum atomic E-state index is 4.77. The summed E-state index contributed by atoms with van der Waals surface area (Å²) in [7, 11) is 0. The third kappa shape index (κ3) is 3.82. The van der Waals surface area contributed by atoms with Crippen LogP contribution in [-0.2, 0) is 6.42 Å². The molecule has 0 unspecified atom stereocenters. The molecule has 0 aliphatic heterocycles. The molecule has 0 saturated carbocycles. The topological polar surface area (TPSA) is 55.1 Å². The Morgan fingerprint density at radius 1 is 1.19 bits per heavy atom. The van der Waals surface area contributed by atoms with Crippen LogP contribution >= 0.6 is 44.2 Å². The number of hydrogen-bond acceptors (Lipinski definition) is 5. The van der Waals surface area contributed by atoms with E-state index >= 15 is 0 Å². The van der Waals surface area contributed by atoms with E-state index in [2.05, 4.69) is 43.5 Å². The Bertz CT molecular complexity index is 1010. The smallest absolute Gasteiger partial charge is 0.234 e. The highest BCUT2D eigenvalue weighted by molar-refractivity contribution is 9.10. The highest BCUT2D eigenvalue weighted by atomic mass is 79.9. The number of fused-ring (bicyclic) bond motifs is 1. The number of hydrogen-bond donors (Lipinski definition) is 1. The minimum atomic E-state index is 0. The van der Waals surface area contributed by atoms with E-state index in [0.29, 0.717) is 0 Å². The van der Waals surface area contributed by atoms with Crippen molar-refractivity contribution in [3.63, 3.8) is 0 Å². The van der Waals surface area contributed by atoms with E-state index in [1.807, 2.05) is 40.9 Å². The van der Waals surface area contributed by atoms with Crippen LogP contribution in [-0.4, -0.2) is 19.4 Å². The second-order valence-electron chi connectivity index (χ2n) is 5.62. The second-order valence-corrected chi connectivity index (χ2v) is 7.39. The van der Waals surface area contributed by atoms with Gasteiger partial charge in [0.05, 0.1) is 11.4 Å². The van der Waals surface area contributed by atoms with E-state index in [1.165, 1.54) is 0 Å². The van der Waals surface area contributed by atoms with E-state index in [9.17, 15) is 0 Å². The predicted molar refractivity (Wildman–Crippen MR) is 116 cm³/mol. The Morgan fingerprint density at radius 3 is 2.77 bits per heavy atom. The number of halogens is 2. The molecule has 0 aliphatic carbocycles. The lowest BCUT2D eigenvalue weighted by Crippen LogP contribution is -1.94. The molecule has 0 atom stereocenters. The number of thiazole rings is 1. The Labute approximate surface area is 174 Å². The molecule has 0 spiro atoms. The third-order valence-corrected chi connectivity index (χ3v) is 5.09. The molecule has 0 aliphatic rings. The zero-order chi connectivity index (χ0) is 17.2. The van der Waals surface area contributed by atoms with E-state index in [1.54, 1.807) is 17.5 Å². The second kappa shape index (κ2) is 8.28. The van der Waals surface area contributed by atoms with E-state index in [4.69, 9.17) is 4.98 Å². The van der Waals surface area contributed by atoms with Crippen LogP contribution < -0.4 is 5.32 Å². The number of aryl methyl sites for hydroxylation is 1. The number of nitrogens with one attached hydrogen (secondary N) is 1. The molecule has 0 saturated heterocycles. The van der Waals surface area contributed by atoms with Gasteiger partial charge in [-0.2, -0.15) is 0 Å². The number of benzene rings is 1. The zero-order valence-electron chi connectivity index (χ0n) is 14.0. The Hall–Kier alpha value is -1.77. The number of aromatic nitrogens is 4. The minimum Gasteiger partial charge on any atom is -0.332 e. The third-order valence-electron chi connectivity index (χ3n) is 3.80. The van der Waals surface area contributed by atoms with Crippen LogP contribution in [0, 0.1) is 0 Å². The summed E-state index contributed by atoms with van der Waals surface area (Å²) in [6.07, 6.45) is 5.70. The molecular formula is C18H17Br2N5S. The van der Waals surface area contributed by atoms with Crippen LogP contribution in [0.4, 0.5) is 10.8 Å². The summed E-state index contributed by atoms with van der Waals surface area (Å²) < 4.78 is 3.07. The van der Waals surface area contributed by atoms with Crippen molar-refractivity contribution < 1.29 is 0 Å². The first kappa shape index (κ1) is 19.0. The number of rotatable bonds is 5. The Balaban J connectivity index is 0.00000196. The van der Waals surface area contributed by atoms with Gasteiger partial charge in [0.1, 0.15) is 5.69 Å². The van der Waals surface area contributed by atoms with Crippen molar-refractivity contribution in [2.24, 2.45) is 0 Å². The molecule has 134 valence electrons.